The average molecular weight is 188 g/mol. The summed E-state index contributed by atoms with van der Waals surface area (Å²) in [6.07, 6.45) is 1.25. The number of amides is 1. The monoisotopic (exact) mass is 188 g/mol. The molecule has 1 atom stereocenters. The van der Waals surface area contributed by atoms with Gasteiger partial charge < -0.3 is 10.6 Å². The van der Waals surface area contributed by atoms with Gasteiger partial charge in [-0.3, -0.25) is 4.79 Å². The molecule has 70 valence electrons. The number of hydrogen-bond donors (Lipinski definition) is 2. The summed E-state index contributed by atoms with van der Waals surface area (Å²) in [6.45, 7) is 1.29. The summed E-state index contributed by atoms with van der Waals surface area (Å²) in [5, 5.41) is 5.74. The zero-order valence-corrected chi connectivity index (χ0v) is 8.25. The van der Waals surface area contributed by atoms with E-state index in [1.807, 2.05) is 11.8 Å². The highest BCUT2D eigenvalue weighted by molar-refractivity contribution is 7.99. The molecule has 0 bridgehead atoms. The molecule has 1 rings (SSSR count). The van der Waals surface area contributed by atoms with Crippen LogP contribution in [-0.2, 0) is 4.79 Å². The van der Waals surface area contributed by atoms with E-state index in [2.05, 4.69) is 10.6 Å². The topological polar surface area (TPSA) is 41.1 Å². The lowest BCUT2D eigenvalue weighted by atomic mass is 10.1. The molecule has 0 aromatic carbocycles. The van der Waals surface area contributed by atoms with E-state index in [0.29, 0.717) is 12.5 Å². The molecule has 1 fully saturated rings. The Kier molecular flexibility index (Phi) is 4.46. The van der Waals surface area contributed by atoms with Gasteiger partial charge in [-0.05, 0) is 30.9 Å². The number of likely N-dealkylation sites (N-methyl/N-ethyl adjacent to an activating group) is 1. The minimum Gasteiger partial charge on any atom is -0.355 e. The van der Waals surface area contributed by atoms with Gasteiger partial charge in [0.05, 0.1) is 6.54 Å². The van der Waals surface area contributed by atoms with Crippen LogP contribution in [0.25, 0.3) is 0 Å². The molecule has 0 spiro atoms. The number of hydrogen-bond acceptors (Lipinski definition) is 3. The molecular formula is C8H16N2OS. The first-order valence-electron chi connectivity index (χ1n) is 4.32. The molecule has 0 aromatic rings. The van der Waals surface area contributed by atoms with Crippen LogP contribution in [0.4, 0.5) is 0 Å². The largest absolute Gasteiger partial charge is 0.355 e. The lowest BCUT2D eigenvalue weighted by molar-refractivity contribution is -0.120. The van der Waals surface area contributed by atoms with Gasteiger partial charge in [-0.2, -0.15) is 11.8 Å². The maximum atomic E-state index is 11.0. The highest BCUT2D eigenvalue weighted by atomic mass is 32.2. The van der Waals surface area contributed by atoms with Gasteiger partial charge in [0.2, 0.25) is 5.91 Å². The first-order valence-corrected chi connectivity index (χ1v) is 5.47. The first kappa shape index (κ1) is 9.86. The molecule has 2 N–H and O–H groups in total. The Labute approximate surface area is 77.7 Å². The lowest BCUT2D eigenvalue weighted by Gasteiger charge is -2.09. The summed E-state index contributed by atoms with van der Waals surface area (Å²) in [5.74, 6) is 3.28. The minimum atomic E-state index is 0.106. The Bertz CT molecular complexity index is 146. The SMILES string of the molecule is CNCC(=O)NCC1CCSC1. The second kappa shape index (κ2) is 5.43. The Hall–Kier alpha value is -0.220. The van der Waals surface area contributed by atoms with Crippen molar-refractivity contribution in [3.05, 3.63) is 0 Å². The second-order valence-electron chi connectivity index (χ2n) is 3.06. The van der Waals surface area contributed by atoms with Crippen LogP contribution < -0.4 is 10.6 Å². The van der Waals surface area contributed by atoms with Gasteiger partial charge >= 0.3 is 0 Å². The maximum absolute atomic E-state index is 11.0. The van der Waals surface area contributed by atoms with Crippen LogP contribution in [-0.4, -0.2) is 37.6 Å². The summed E-state index contributed by atoms with van der Waals surface area (Å²) in [7, 11) is 1.78. The van der Waals surface area contributed by atoms with Crippen molar-refractivity contribution in [2.45, 2.75) is 6.42 Å². The molecule has 0 aromatic heterocycles. The molecule has 1 aliphatic heterocycles. The number of carbonyl (C=O) groups excluding carboxylic acids is 1. The summed E-state index contributed by atoms with van der Waals surface area (Å²) in [5.41, 5.74) is 0. The molecule has 3 nitrogen and oxygen atoms in total. The normalized spacial score (nSPS) is 22.6. The number of rotatable bonds is 4. The van der Waals surface area contributed by atoms with E-state index in [0.717, 1.165) is 6.54 Å². The fourth-order valence-electron chi connectivity index (χ4n) is 1.23. The standard InChI is InChI=1S/C8H16N2OS/c1-9-5-8(11)10-4-7-2-3-12-6-7/h7,9H,2-6H2,1H3,(H,10,11). The van der Waals surface area contributed by atoms with Crippen molar-refractivity contribution < 1.29 is 4.79 Å². The van der Waals surface area contributed by atoms with E-state index in [1.54, 1.807) is 7.05 Å². The molecule has 1 amide bonds. The number of nitrogens with one attached hydrogen (secondary N) is 2. The van der Waals surface area contributed by atoms with Crippen molar-refractivity contribution >= 4 is 17.7 Å². The lowest BCUT2D eigenvalue weighted by Crippen LogP contribution is -2.35. The molecule has 0 saturated carbocycles. The molecule has 12 heavy (non-hydrogen) atoms. The van der Waals surface area contributed by atoms with E-state index in [-0.39, 0.29) is 5.91 Å². The molecule has 1 aliphatic rings. The van der Waals surface area contributed by atoms with E-state index >= 15 is 0 Å². The fraction of sp³-hybridized carbons (Fsp3) is 0.875. The van der Waals surface area contributed by atoms with Crippen molar-refractivity contribution in [3.8, 4) is 0 Å². The van der Waals surface area contributed by atoms with Crippen LogP contribution in [0.3, 0.4) is 0 Å². The zero-order valence-electron chi connectivity index (χ0n) is 7.43. The van der Waals surface area contributed by atoms with Crippen molar-refractivity contribution in [1.29, 1.82) is 0 Å². The first-order chi connectivity index (χ1) is 5.83. The Balaban J connectivity index is 2.03. The molecule has 1 heterocycles. The quantitative estimate of drug-likeness (QED) is 0.656. The van der Waals surface area contributed by atoms with Crippen molar-refractivity contribution in [3.63, 3.8) is 0 Å². The second-order valence-corrected chi connectivity index (χ2v) is 4.21. The van der Waals surface area contributed by atoms with Crippen molar-refractivity contribution in [1.82, 2.24) is 10.6 Å². The van der Waals surface area contributed by atoms with E-state index in [1.165, 1.54) is 17.9 Å². The van der Waals surface area contributed by atoms with Gasteiger partial charge in [-0.15, -0.1) is 0 Å². The summed E-state index contributed by atoms with van der Waals surface area (Å²) in [6, 6.07) is 0. The van der Waals surface area contributed by atoms with Gasteiger partial charge in [-0.1, -0.05) is 0 Å². The third-order valence-corrected chi connectivity index (χ3v) is 3.18. The smallest absolute Gasteiger partial charge is 0.233 e. The predicted molar refractivity (Wildman–Crippen MR) is 52.4 cm³/mol. The molecule has 0 radical (unpaired) electrons. The van der Waals surface area contributed by atoms with Gasteiger partial charge in [0, 0.05) is 6.54 Å². The highest BCUT2D eigenvalue weighted by Crippen LogP contribution is 2.22. The van der Waals surface area contributed by atoms with E-state index in [4.69, 9.17) is 0 Å². The van der Waals surface area contributed by atoms with Crippen LogP contribution in [0.15, 0.2) is 0 Å². The van der Waals surface area contributed by atoms with Crippen LogP contribution in [0, 0.1) is 5.92 Å². The summed E-state index contributed by atoms with van der Waals surface area (Å²) >= 11 is 1.98. The van der Waals surface area contributed by atoms with Gasteiger partial charge in [0.15, 0.2) is 0 Å². The van der Waals surface area contributed by atoms with Crippen molar-refractivity contribution in [2.75, 3.05) is 31.6 Å². The van der Waals surface area contributed by atoms with E-state index < -0.39 is 0 Å². The van der Waals surface area contributed by atoms with Gasteiger partial charge in [0.1, 0.15) is 0 Å². The van der Waals surface area contributed by atoms with E-state index in [9.17, 15) is 4.79 Å². The molecule has 0 aliphatic carbocycles. The minimum absolute atomic E-state index is 0.106. The van der Waals surface area contributed by atoms with Crippen LogP contribution >= 0.6 is 11.8 Å². The summed E-state index contributed by atoms with van der Waals surface area (Å²) in [4.78, 5) is 11.0. The molecule has 1 unspecified atom stereocenters. The van der Waals surface area contributed by atoms with Crippen LogP contribution in [0.1, 0.15) is 6.42 Å². The number of thioether (sulfide) groups is 1. The molecule has 4 heteroatoms. The third-order valence-electron chi connectivity index (χ3n) is 1.95. The third kappa shape index (κ3) is 3.45. The maximum Gasteiger partial charge on any atom is 0.233 e. The molecule has 1 saturated heterocycles. The summed E-state index contributed by atoms with van der Waals surface area (Å²) < 4.78 is 0. The Morgan fingerprint density at radius 3 is 3.08 bits per heavy atom. The fourth-order valence-corrected chi connectivity index (χ4v) is 2.51. The average Bonchev–Trinajstić information content (AvgIpc) is 2.53. The van der Waals surface area contributed by atoms with Gasteiger partial charge in [-0.25, -0.2) is 0 Å². The number of carbonyl (C=O) groups is 1. The van der Waals surface area contributed by atoms with Crippen LogP contribution in [0.2, 0.25) is 0 Å². The Morgan fingerprint density at radius 1 is 1.67 bits per heavy atom. The Morgan fingerprint density at radius 2 is 2.50 bits per heavy atom. The van der Waals surface area contributed by atoms with Gasteiger partial charge in [0.25, 0.3) is 0 Å². The van der Waals surface area contributed by atoms with Crippen LogP contribution in [0.5, 0.6) is 0 Å². The molecular weight excluding hydrogens is 172 g/mol. The predicted octanol–water partition coefficient (Wildman–Crippen LogP) is 0.0751. The highest BCUT2D eigenvalue weighted by Gasteiger charge is 2.15. The van der Waals surface area contributed by atoms with Crippen molar-refractivity contribution in [2.24, 2.45) is 5.92 Å². The zero-order chi connectivity index (χ0) is 8.81.